The monoisotopic (exact) mass is 503 g/mol. The van der Waals surface area contributed by atoms with Crippen LogP contribution in [0.15, 0.2) is 35.2 Å². The number of halogens is 4. The van der Waals surface area contributed by atoms with Gasteiger partial charge in [-0.25, -0.2) is 21.6 Å². The molecule has 0 heterocycles. The summed E-state index contributed by atoms with van der Waals surface area (Å²) in [6.45, 7) is 0. The van der Waals surface area contributed by atoms with Gasteiger partial charge in [0.15, 0.2) is 27.3 Å². The molecule has 2 aromatic carbocycles. The van der Waals surface area contributed by atoms with Crippen molar-refractivity contribution >= 4 is 33.0 Å². The number of sulfone groups is 1. The number of amides is 1. The summed E-state index contributed by atoms with van der Waals surface area (Å²) in [4.78, 5) is 12.3. The molecule has 0 radical (unpaired) electrons. The van der Waals surface area contributed by atoms with Gasteiger partial charge in [0.25, 0.3) is 5.91 Å². The van der Waals surface area contributed by atoms with Gasteiger partial charge in [-0.15, -0.1) is 0 Å². The highest BCUT2D eigenvalue weighted by atomic mass is 35.5. The molecule has 0 aromatic heterocycles. The fraction of sp³-hybridized carbons (Fsp3) is 0.409. The Kier molecular flexibility index (Phi) is 6.47. The van der Waals surface area contributed by atoms with E-state index in [-0.39, 0.29) is 45.8 Å². The minimum absolute atomic E-state index is 0.102. The molecule has 3 N–H and O–H groups in total. The third-order valence-electron chi connectivity index (χ3n) is 6.47. The molecule has 11 heteroatoms. The zero-order valence-electron chi connectivity index (χ0n) is 17.1. The minimum Gasteiger partial charge on any atom is -0.390 e. The van der Waals surface area contributed by atoms with Gasteiger partial charge in [0.2, 0.25) is 0 Å². The van der Waals surface area contributed by atoms with Gasteiger partial charge in [0, 0.05) is 23.4 Å². The van der Waals surface area contributed by atoms with Crippen LogP contribution in [0.25, 0.3) is 0 Å². The molecule has 4 rings (SSSR count). The smallest absolute Gasteiger partial charge is 0.255 e. The number of aliphatic hydroxyl groups excluding tert-OH is 2. The van der Waals surface area contributed by atoms with E-state index in [1.807, 2.05) is 0 Å². The predicted octanol–water partition coefficient (Wildman–Crippen LogP) is 3.69. The average molecular weight is 504 g/mol. The molecular weight excluding hydrogens is 483 g/mol. The molecule has 2 aliphatic rings. The van der Waals surface area contributed by atoms with Gasteiger partial charge in [-0.3, -0.25) is 4.79 Å². The van der Waals surface area contributed by atoms with Crippen LogP contribution in [0.5, 0.6) is 0 Å². The minimum atomic E-state index is -4.05. The molecule has 4 unspecified atom stereocenters. The molecule has 6 nitrogen and oxygen atoms in total. The normalized spacial score (nSPS) is 27.3. The van der Waals surface area contributed by atoms with Crippen molar-refractivity contribution in [1.29, 1.82) is 0 Å². The average Bonchev–Trinajstić information content (AvgIpc) is 3.08. The molecule has 2 fully saturated rings. The predicted molar refractivity (Wildman–Crippen MR) is 114 cm³/mol. The molecule has 33 heavy (non-hydrogen) atoms. The van der Waals surface area contributed by atoms with E-state index in [9.17, 15) is 36.6 Å². The van der Waals surface area contributed by atoms with Crippen molar-refractivity contribution in [3.05, 3.63) is 58.4 Å². The second kappa shape index (κ2) is 8.90. The summed E-state index contributed by atoms with van der Waals surface area (Å²) in [7, 11) is -4.05. The van der Waals surface area contributed by atoms with Crippen molar-refractivity contribution in [1.82, 2.24) is 0 Å². The lowest BCUT2D eigenvalue weighted by Crippen LogP contribution is -2.31. The lowest BCUT2D eigenvalue weighted by Gasteiger charge is -2.23. The van der Waals surface area contributed by atoms with E-state index < -0.39 is 50.7 Å². The van der Waals surface area contributed by atoms with Crippen LogP contribution in [0.2, 0.25) is 5.02 Å². The van der Waals surface area contributed by atoms with Crippen LogP contribution >= 0.6 is 11.6 Å². The summed E-state index contributed by atoms with van der Waals surface area (Å²) in [5.74, 6) is -6.27. The van der Waals surface area contributed by atoms with Gasteiger partial charge < -0.3 is 15.5 Å². The summed E-state index contributed by atoms with van der Waals surface area (Å²) in [5.41, 5.74) is -0.482. The Bertz CT molecular complexity index is 1170. The van der Waals surface area contributed by atoms with E-state index in [4.69, 9.17) is 11.6 Å². The van der Waals surface area contributed by atoms with Crippen LogP contribution in [0.3, 0.4) is 0 Å². The third-order valence-corrected chi connectivity index (χ3v) is 9.35. The maximum absolute atomic E-state index is 13.6. The lowest BCUT2D eigenvalue weighted by molar-refractivity contribution is 0.00104. The Morgan fingerprint density at radius 2 is 1.52 bits per heavy atom. The van der Waals surface area contributed by atoms with Crippen LogP contribution in [-0.4, -0.2) is 42.0 Å². The second-order valence-electron chi connectivity index (χ2n) is 8.57. The molecule has 2 aromatic rings. The van der Waals surface area contributed by atoms with Crippen LogP contribution in [0.4, 0.5) is 18.9 Å². The van der Waals surface area contributed by atoms with E-state index in [1.54, 1.807) is 0 Å². The van der Waals surface area contributed by atoms with Gasteiger partial charge in [-0.2, -0.15) is 0 Å². The molecular formula is C22H21ClF3NO5S. The highest BCUT2D eigenvalue weighted by Crippen LogP contribution is 2.47. The van der Waals surface area contributed by atoms with Crippen LogP contribution in [-0.2, 0) is 9.84 Å². The van der Waals surface area contributed by atoms with E-state index in [0.29, 0.717) is 25.0 Å². The lowest BCUT2D eigenvalue weighted by atomic mass is 9.96. The Hall–Kier alpha value is -2.14. The zero-order valence-corrected chi connectivity index (χ0v) is 18.7. The van der Waals surface area contributed by atoms with E-state index in [0.717, 1.165) is 6.07 Å². The first-order valence-electron chi connectivity index (χ1n) is 10.3. The van der Waals surface area contributed by atoms with Gasteiger partial charge in [0.05, 0.1) is 27.4 Å². The van der Waals surface area contributed by atoms with Gasteiger partial charge >= 0.3 is 0 Å². The fourth-order valence-corrected chi connectivity index (χ4v) is 7.80. The molecule has 5 atom stereocenters. The number of rotatable bonds is 4. The van der Waals surface area contributed by atoms with Crippen molar-refractivity contribution in [2.75, 3.05) is 5.32 Å². The molecule has 0 spiro atoms. The quantitative estimate of drug-likeness (QED) is 0.552. The molecule has 2 saturated carbocycles. The van der Waals surface area contributed by atoms with Gasteiger partial charge in [0.1, 0.15) is 0 Å². The first-order chi connectivity index (χ1) is 15.5. The van der Waals surface area contributed by atoms with Crippen molar-refractivity contribution in [3.63, 3.8) is 0 Å². The van der Waals surface area contributed by atoms with Crippen molar-refractivity contribution in [3.8, 4) is 0 Å². The fourth-order valence-electron chi connectivity index (χ4n) is 4.93. The number of carbonyl (C=O) groups excluding carboxylic acids is 1. The zero-order chi connectivity index (χ0) is 24.1. The van der Waals surface area contributed by atoms with Gasteiger partial charge in [-0.05, 0) is 55.7 Å². The van der Waals surface area contributed by atoms with Crippen molar-refractivity contribution < 1.29 is 36.6 Å². The summed E-state index contributed by atoms with van der Waals surface area (Å²) in [6, 6.07) is 4.77. The molecule has 0 saturated heterocycles. The first kappa shape index (κ1) is 24.0. The molecule has 1 amide bonds. The van der Waals surface area contributed by atoms with E-state index in [2.05, 4.69) is 5.32 Å². The van der Waals surface area contributed by atoms with Crippen molar-refractivity contribution in [2.24, 2.45) is 11.8 Å². The summed E-state index contributed by atoms with van der Waals surface area (Å²) in [6.07, 6.45) is -0.582. The third kappa shape index (κ3) is 4.49. The number of benzene rings is 2. The van der Waals surface area contributed by atoms with Gasteiger partial charge in [-0.1, -0.05) is 11.6 Å². The topological polar surface area (TPSA) is 104 Å². The summed E-state index contributed by atoms with van der Waals surface area (Å²) < 4.78 is 67.2. The Labute approximate surface area is 193 Å². The highest BCUT2D eigenvalue weighted by Gasteiger charge is 2.49. The number of hydrogen-bond donors (Lipinski definition) is 3. The molecule has 0 aliphatic heterocycles. The maximum Gasteiger partial charge on any atom is 0.255 e. The number of hydrogen-bond acceptors (Lipinski definition) is 5. The second-order valence-corrected chi connectivity index (χ2v) is 11.0. The number of nitrogens with one attached hydrogen (secondary N) is 1. The van der Waals surface area contributed by atoms with Crippen LogP contribution in [0.1, 0.15) is 36.0 Å². The van der Waals surface area contributed by atoms with E-state index in [1.165, 1.54) is 12.1 Å². The number of fused-ring (bicyclic) bond motifs is 2. The Morgan fingerprint density at radius 3 is 2.06 bits per heavy atom. The maximum atomic E-state index is 13.6. The number of aliphatic hydroxyl groups is 2. The standard InChI is InChI=1S/C22H21ClF3NO5S/c23-14-4-3-12(22(30)27-13-8-15(24)20(26)16(25)9-13)7-19(14)33(31,32)21-10-1-2-11(21)6-18(29)17(28)5-10/h3-4,7-11,17-18,21,28-29H,1-2,5-6H2,(H,27,30)/t10?,11?,17-,18?,21?/m0/s1. The number of anilines is 1. The molecule has 2 aliphatic carbocycles. The Balaban J connectivity index is 1.65. The highest BCUT2D eigenvalue weighted by molar-refractivity contribution is 7.92. The Morgan fingerprint density at radius 1 is 0.970 bits per heavy atom. The van der Waals surface area contributed by atoms with Crippen LogP contribution in [0, 0.1) is 29.3 Å². The summed E-state index contributed by atoms with van der Waals surface area (Å²) >= 11 is 6.19. The first-order valence-corrected chi connectivity index (χ1v) is 12.3. The van der Waals surface area contributed by atoms with Crippen LogP contribution < -0.4 is 5.32 Å². The SMILES string of the molecule is O=C(Nc1cc(F)c(F)c(F)c1)c1ccc(Cl)c(S(=O)(=O)C2C3CCC2C[C@H](O)C(O)C3)c1. The van der Waals surface area contributed by atoms with Crippen molar-refractivity contribution in [2.45, 2.75) is 48.0 Å². The summed E-state index contributed by atoms with van der Waals surface area (Å²) in [5, 5.41) is 21.4. The largest absolute Gasteiger partial charge is 0.390 e. The number of carbonyl (C=O) groups is 1. The molecule has 178 valence electrons. The molecule has 2 bridgehead atoms. The van der Waals surface area contributed by atoms with E-state index >= 15 is 0 Å².